The first-order chi connectivity index (χ1) is 21.1. The second-order valence-electron chi connectivity index (χ2n) is 6.29. The first kappa shape index (κ1) is 44.8. The van der Waals surface area contributed by atoms with Gasteiger partial charge in [-0.2, -0.15) is 4.89 Å². The van der Waals surface area contributed by atoms with Crippen LogP contribution in [0.4, 0.5) is 9.59 Å². The number of thioether (sulfide) groups is 11. The molecule has 0 rings (SSSR count). The van der Waals surface area contributed by atoms with E-state index in [1.54, 1.807) is 58.8 Å². The summed E-state index contributed by atoms with van der Waals surface area (Å²) in [5, 5.41) is 27.4. The number of hydrogen-bond donors (Lipinski definition) is 4. The fraction of sp³-hybridized carbons (Fsp3) is 0.789. The number of hydrogen-bond acceptors (Lipinski definition) is 21. The van der Waals surface area contributed by atoms with E-state index in [-0.39, 0.29) is 23.1 Å². The van der Waals surface area contributed by atoms with E-state index < -0.39 is 16.9 Å². The molecular formula is C19H36N4O8S12. The number of amides is 2. The summed E-state index contributed by atoms with van der Waals surface area (Å²) in [6.07, 6.45) is 0.789. The van der Waals surface area contributed by atoms with Gasteiger partial charge in [-0.15, -0.1) is 118 Å². The number of carbonyl (C=O) groups excluding carboxylic acids is 2. The highest BCUT2D eigenvalue weighted by Gasteiger charge is 2.03. The van der Waals surface area contributed by atoms with Crippen LogP contribution in [0.5, 0.6) is 0 Å². The lowest BCUT2D eigenvalue weighted by Crippen LogP contribution is -2.23. The number of nitrogens with zero attached hydrogens (tertiary/aromatic N) is 2. The van der Waals surface area contributed by atoms with Crippen molar-refractivity contribution >= 4 is 163 Å². The molecule has 1 atom stereocenters. The van der Waals surface area contributed by atoms with Crippen LogP contribution in [0.1, 0.15) is 0 Å². The predicted molar refractivity (Wildman–Crippen MR) is 206 cm³/mol. The molecule has 252 valence electrons. The third-order valence-electron chi connectivity index (χ3n) is 3.24. The second kappa shape index (κ2) is 38.2. The van der Waals surface area contributed by atoms with Gasteiger partial charge < -0.3 is 30.5 Å². The molecular weight excluding hydrogens is 797 g/mol. The number of nitrogens with one attached hydrogen (secondary N) is 2. The van der Waals surface area contributed by atoms with Crippen LogP contribution in [0.3, 0.4) is 0 Å². The summed E-state index contributed by atoms with van der Waals surface area (Å²) in [5.41, 5.74) is 1.47. The van der Waals surface area contributed by atoms with Crippen molar-refractivity contribution in [2.75, 3.05) is 82.9 Å². The fourth-order valence-electron chi connectivity index (χ4n) is 1.66. The molecule has 0 fully saturated rings. The van der Waals surface area contributed by atoms with E-state index in [1.807, 2.05) is 0 Å². The molecule has 4 N–H and O–H groups in total. The van der Waals surface area contributed by atoms with Gasteiger partial charge in [-0.05, 0) is 0 Å². The average molecular weight is 833 g/mol. The van der Waals surface area contributed by atoms with Crippen LogP contribution in [0, 0.1) is 0 Å². The summed E-state index contributed by atoms with van der Waals surface area (Å²) in [6, 6.07) is 0. The molecule has 2 amide bonds. The Kier molecular flexibility index (Phi) is 39.8. The molecule has 0 aliphatic rings. The van der Waals surface area contributed by atoms with Gasteiger partial charge in [0.1, 0.15) is 11.9 Å². The normalized spacial score (nSPS) is 12.1. The molecule has 0 aliphatic heterocycles. The maximum absolute atomic E-state index is 12.0. The van der Waals surface area contributed by atoms with Gasteiger partial charge in [0.2, 0.25) is 6.40 Å². The highest BCUT2D eigenvalue weighted by Crippen LogP contribution is 2.19. The molecule has 0 aromatic carbocycles. The van der Waals surface area contributed by atoms with E-state index in [0.29, 0.717) is 44.7 Å². The Morgan fingerprint density at radius 1 is 0.721 bits per heavy atom. The van der Waals surface area contributed by atoms with Gasteiger partial charge in [0.05, 0.1) is 56.8 Å². The van der Waals surface area contributed by atoms with E-state index in [0.717, 1.165) is 20.3 Å². The van der Waals surface area contributed by atoms with Gasteiger partial charge in [0.25, 0.3) is 5.24 Å². The quantitative estimate of drug-likeness (QED) is 0.0170. The Bertz CT molecular complexity index is 752. The lowest BCUT2D eigenvalue weighted by molar-refractivity contribution is -0.196. The van der Waals surface area contributed by atoms with Crippen molar-refractivity contribution in [1.29, 1.82) is 0 Å². The SMILES string of the molecule is O=C(NCSCSCN=CS(=O)CSCSCSC(=O)NCSCSCN=COOCSCSCO)OCSCSCO. The molecule has 0 saturated carbocycles. The molecule has 0 heterocycles. The molecule has 12 nitrogen and oxygen atoms in total. The standard InChI is InChI=1S/C19H36N4O8S12/c24-7-36-13-38-9-29-18(26)22-4-34-12-33-3-21-6-43(28)17-41-15-40-16-42-19(27)23-5-35-11-32-2-20-1-30-31-10-39-14-37-8-25/h1,6,24-25H,2-5,7-17H2,(H,22,26)(H,23,27). The third-order valence-corrected chi connectivity index (χ3v) is 15.7. The Morgan fingerprint density at radius 2 is 1.35 bits per heavy atom. The zero-order chi connectivity index (χ0) is 31.5. The van der Waals surface area contributed by atoms with Crippen LogP contribution in [0.15, 0.2) is 9.98 Å². The maximum atomic E-state index is 12.0. The van der Waals surface area contributed by atoms with Gasteiger partial charge in [0.15, 0.2) is 0 Å². The average Bonchev–Trinajstić information content (AvgIpc) is 3.00. The van der Waals surface area contributed by atoms with Gasteiger partial charge >= 0.3 is 6.09 Å². The largest absolute Gasteiger partial charge is 0.438 e. The second-order valence-corrected chi connectivity index (χ2v) is 20.7. The van der Waals surface area contributed by atoms with Crippen molar-refractivity contribution in [1.82, 2.24) is 10.6 Å². The van der Waals surface area contributed by atoms with Crippen molar-refractivity contribution < 1.29 is 38.5 Å². The summed E-state index contributed by atoms with van der Waals surface area (Å²) in [5.74, 6) is 2.74. The number of carbonyl (C=O) groups is 2. The minimum Gasteiger partial charge on any atom is -0.438 e. The molecule has 24 heteroatoms. The van der Waals surface area contributed by atoms with E-state index in [2.05, 4.69) is 20.6 Å². The van der Waals surface area contributed by atoms with Crippen LogP contribution in [-0.4, -0.2) is 121 Å². The number of ether oxygens (including phenoxy) is 1. The van der Waals surface area contributed by atoms with Crippen LogP contribution in [0.25, 0.3) is 0 Å². The fourth-order valence-corrected chi connectivity index (χ4v) is 11.6. The summed E-state index contributed by atoms with van der Waals surface area (Å²) in [6.45, 7) is 0. The van der Waals surface area contributed by atoms with E-state index in [9.17, 15) is 13.8 Å². The van der Waals surface area contributed by atoms with Crippen molar-refractivity contribution in [3.8, 4) is 0 Å². The first-order valence-corrected chi connectivity index (χ1v) is 25.5. The van der Waals surface area contributed by atoms with E-state index in [1.165, 1.54) is 82.5 Å². The lowest BCUT2D eigenvalue weighted by atomic mass is 11.1. The molecule has 0 spiro atoms. The van der Waals surface area contributed by atoms with Gasteiger partial charge in [-0.1, -0.05) is 11.8 Å². The third kappa shape index (κ3) is 38.1. The van der Waals surface area contributed by atoms with Crippen LogP contribution in [-0.2, 0) is 25.3 Å². The minimum absolute atomic E-state index is 0.0523. The predicted octanol–water partition coefficient (Wildman–Crippen LogP) is 5.59. The molecule has 0 radical (unpaired) electrons. The monoisotopic (exact) mass is 832 g/mol. The molecule has 0 saturated heterocycles. The molecule has 1 unspecified atom stereocenters. The Labute approximate surface area is 302 Å². The van der Waals surface area contributed by atoms with Crippen LogP contribution in [0.2, 0.25) is 0 Å². The smallest absolute Gasteiger partial charge is 0.408 e. The van der Waals surface area contributed by atoms with Crippen molar-refractivity contribution in [3.63, 3.8) is 0 Å². The number of rotatable bonds is 31. The molecule has 0 aromatic rings. The van der Waals surface area contributed by atoms with Crippen molar-refractivity contribution in [2.45, 2.75) is 0 Å². The number of alkyl carbamates (subject to hydrolysis) is 1. The lowest BCUT2D eigenvalue weighted by Gasteiger charge is -2.06. The van der Waals surface area contributed by atoms with Crippen LogP contribution >= 0.6 is 129 Å². The zero-order valence-electron chi connectivity index (χ0n) is 22.9. The summed E-state index contributed by atoms with van der Waals surface area (Å²) < 4.78 is 17.0. The summed E-state index contributed by atoms with van der Waals surface area (Å²) in [4.78, 5) is 41.2. The highest BCUT2D eigenvalue weighted by atomic mass is 32.3. The van der Waals surface area contributed by atoms with Gasteiger partial charge in [0, 0.05) is 30.5 Å². The molecule has 0 aliphatic carbocycles. The Morgan fingerprint density at radius 3 is 2.07 bits per heavy atom. The molecule has 0 aromatic heterocycles. The van der Waals surface area contributed by atoms with Crippen molar-refractivity contribution in [2.24, 2.45) is 9.98 Å². The Balaban J connectivity index is 3.42. The summed E-state index contributed by atoms with van der Waals surface area (Å²) >= 11 is 16.3. The summed E-state index contributed by atoms with van der Waals surface area (Å²) in [7, 11) is -1.14. The number of aliphatic imine (C=N–C) groups is 2. The van der Waals surface area contributed by atoms with E-state index in [4.69, 9.17) is 24.7 Å². The topological polar surface area (TPSA) is 168 Å². The Hall–Kier alpha value is 1.76. The van der Waals surface area contributed by atoms with E-state index >= 15 is 0 Å². The first-order valence-electron chi connectivity index (χ1n) is 11.5. The number of aliphatic hydroxyl groups is 2. The molecule has 43 heavy (non-hydrogen) atoms. The van der Waals surface area contributed by atoms with Gasteiger partial charge in [-0.3, -0.25) is 14.0 Å². The number of aliphatic hydroxyl groups excluding tert-OH is 2. The van der Waals surface area contributed by atoms with Crippen molar-refractivity contribution in [3.05, 3.63) is 0 Å². The van der Waals surface area contributed by atoms with Crippen LogP contribution < -0.4 is 10.6 Å². The highest BCUT2D eigenvalue weighted by molar-refractivity contribution is 8.28. The van der Waals surface area contributed by atoms with Gasteiger partial charge in [-0.25, -0.2) is 9.79 Å². The minimum atomic E-state index is -1.14. The molecule has 0 bridgehead atoms. The zero-order valence-corrected chi connectivity index (χ0v) is 32.7. The maximum Gasteiger partial charge on any atom is 0.408 e.